The number of phenolic OH excluding ortho intramolecular Hbond substituents is 1. The number of rotatable bonds is 6. The van der Waals surface area contributed by atoms with Gasteiger partial charge in [-0.2, -0.15) is 4.02 Å². The van der Waals surface area contributed by atoms with Crippen LogP contribution in [-0.2, 0) is 10.8 Å². The molecular weight excluding hydrogens is 478 g/mol. The molecule has 0 saturated carbocycles. The van der Waals surface area contributed by atoms with Crippen LogP contribution < -0.4 is 5.32 Å². The van der Waals surface area contributed by atoms with Crippen molar-refractivity contribution in [2.45, 2.75) is 84.5 Å². The van der Waals surface area contributed by atoms with Gasteiger partial charge in [0.2, 0.25) is 0 Å². The van der Waals surface area contributed by atoms with E-state index in [1.165, 1.54) is 19.3 Å². The van der Waals surface area contributed by atoms with Gasteiger partial charge in [0.15, 0.2) is 5.78 Å². The van der Waals surface area contributed by atoms with Crippen LogP contribution in [0.5, 0.6) is 5.75 Å². The standard InChI is InChI=1S/C27H42BrN3O2/c1-26(2,3)21-15-20(16-22(24(21)33)27(4,5)6)23(32)17-31-14-11-19(25(31)30-28)8-7-18-9-12-29-13-10-18/h15-16,18-19,29,33H,7-14,17H2,1-6H3/b30-25-. The van der Waals surface area contributed by atoms with Crippen molar-refractivity contribution in [3.8, 4) is 5.75 Å². The van der Waals surface area contributed by atoms with Crippen molar-refractivity contribution in [3.63, 3.8) is 0 Å². The number of aromatic hydroxyl groups is 1. The van der Waals surface area contributed by atoms with E-state index in [0.717, 1.165) is 55.4 Å². The molecule has 2 aliphatic rings. The molecule has 0 radical (unpaired) electrons. The van der Waals surface area contributed by atoms with Crippen molar-refractivity contribution in [2.75, 3.05) is 26.2 Å². The van der Waals surface area contributed by atoms with E-state index in [9.17, 15) is 9.90 Å². The number of phenols is 1. The molecule has 2 saturated heterocycles. The van der Waals surface area contributed by atoms with Crippen LogP contribution in [0.3, 0.4) is 0 Å². The van der Waals surface area contributed by atoms with E-state index in [1.807, 2.05) is 12.1 Å². The number of Topliss-reactive ketones (excluding diaryl/α,β-unsaturated/α-hetero) is 1. The van der Waals surface area contributed by atoms with Crippen LogP contribution in [0.25, 0.3) is 0 Å². The van der Waals surface area contributed by atoms with Crippen LogP contribution >= 0.6 is 16.1 Å². The predicted octanol–water partition coefficient (Wildman–Crippen LogP) is 5.98. The Bertz CT molecular complexity index is 841. The Morgan fingerprint density at radius 2 is 1.64 bits per heavy atom. The highest BCUT2D eigenvalue weighted by atomic mass is 79.9. The number of nitrogens with zero attached hydrogens (tertiary/aromatic N) is 2. The monoisotopic (exact) mass is 519 g/mol. The number of nitrogens with one attached hydrogen (secondary N) is 1. The summed E-state index contributed by atoms with van der Waals surface area (Å²) in [5, 5.41) is 14.4. The SMILES string of the molecule is CC(C)(C)c1cc(C(=O)CN2CCC(CCC3CCNCC3)/C2=N/Br)cc(C(C)(C)C)c1O. The number of hydrogen-bond acceptors (Lipinski definition) is 4. The highest BCUT2D eigenvalue weighted by Crippen LogP contribution is 2.40. The average Bonchev–Trinajstić information content (AvgIpc) is 3.12. The van der Waals surface area contributed by atoms with E-state index in [2.05, 4.69) is 71.9 Å². The van der Waals surface area contributed by atoms with Crippen LogP contribution in [0.1, 0.15) is 95.1 Å². The zero-order valence-corrected chi connectivity index (χ0v) is 22.9. The molecule has 0 bridgehead atoms. The molecule has 33 heavy (non-hydrogen) atoms. The van der Waals surface area contributed by atoms with Gasteiger partial charge in [0.1, 0.15) is 11.6 Å². The topological polar surface area (TPSA) is 64.9 Å². The Labute approximate surface area is 208 Å². The summed E-state index contributed by atoms with van der Waals surface area (Å²) in [6.07, 6.45) is 5.97. The minimum atomic E-state index is -0.254. The van der Waals surface area contributed by atoms with Gasteiger partial charge in [-0.3, -0.25) is 4.79 Å². The maximum absolute atomic E-state index is 13.4. The maximum Gasteiger partial charge on any atom is 0.182 e. The van der Waals surface area contributed by atoms with Gasteiger partial charge in [0, 0.05) is 29.2 Å². The number of carbonyl (C=O) groups excluding carboxylic acids is 1. The molecule has 2 fully saturated rings. The quantitative estimate of drug-likeness (QED) is 0.453. The van der Waals surface area contributed by atoms with Crippen molar-refractivity contribution in [1.29, 1.82) is 0 Å². The smallest absolute Gasteiger partial charge is 0.182 e. The van der Waals surface area contributed by atoms with Gasteiger partial charge in [-0.05, 0) is 74.1 Å². The maximum atomic E-state index is 13.4. The van der Waals surface area contributed by atoms with Crippen LogP contribution in [0.2, 0.25) is 0 Å². The van der Waals surface area contributed by atoms with Crippen molar-refractivity contribution >= 4 is 27.8 Å². The molecule has 1 unspecified atom stereocenters. The molecule has 3 rings (SSSR count). The molecule has 0 spiro atoms. The Morgan fingerprint density at radius 1 is 1.06 bits per heavy atom. The first kappa shape index (κ1) is 26.2. The van der Waals surface area contributed by atoms with Crippen molar-refractivity contribution in [1.82, 2.24) is 10.2 Å². The van der Waals surface area contributed by atoms with E-state index in [4.69, 9.17) is 0 Å². The molecule has 6 heteroatoms. The van der Waals surface area contributed by atoms with E-state index >= 15 is 0 Å². The molecule has 1 aromatic rings. The molecule has 1 aromatic carbocycles. The number of likely N-dealkylation sites (tertiary alicyclic amines) is 1. The summed E-state index contributed by atoms with van der Waals surface area (Å²) in [6, 6.07) is 3.78. The van der Waals surface area contributed by atoms with Crippen LogP contribution in [0.15, 0.2) is 16.2 Å². The van der Waals surface area contributed by atoms with Gasteiger partial charge < -0.3 is 15.3 Å². The molecular formula is C27H42BrN3O2. The van der Waals surface area contributed by atoms with Crippen LogP contribution in [-0.4, -0.2) is 47.8 Å². The first-order valence-electron chi connectivity index (χ1n) is 12.5. The number of piperidine rings is 1. The average molecular weight is 521 g/mol. The molecule has 0 aromatic heterocycles. The van der Waals surface area contributed by atoms with Gasteiger partial charge in [-0.15, -0.1) is 0 Å². The van der Waals surface area contributed by atoms with Gasteiger partial charge in [0.05, 0.1) is 22.7 Å². The zero-order valence-electron chi connectivity index (χ0n) is 21.3. The fraction of sp³-hybridized carbons (Fsp3) is 0.704. The zero-order chi connectivity index (χ0) is 24.4. The minimum Gasteiger partial charge on any atom is -0.507 e. The van der Waals surface area contributed by atoms with Gasteiger partial charge >= 0.3 is 0 Å². The number of ketones is 1. The summed E-state index contributed by atoms with van der Waals surface area (Å²) in [6.45, 7) is 15.9. The summed E-state index contributed by atoms with van der Waals surface area (Å²) in [5.41, 5.74) is 1.82. The Morgan fingerprint density at radius 3 is 2.15 bits per heavy atom. The van der Waals surface area contributed by atoms with Gasteiger partial charge in [0.25, 0.3) is 0 Å². The Kier molecular flexibility index (Phi) is 8.32. The number of amidine groups is 1. The second kappa shape index (κ2) is 10.5. The second-order valence-corrected chi connectivity index (χ2v) is 12.3. The molecule has 2 aliphatic heterocycles. The fourth-order valence-electron chi connectivity index (χ4n) is 5.18. The van der Waals surface area contributed by atoms with Gasteiger partial charge in [-0.1, -0.05) is 41.5 Å². The number of halogens is 1. The summed E-state index contributed by atoms with van der Waals surface area (Å²) < 4.78 is 4.44. The van der Waals surface area contributed by atoms with Crippen LogP contribution in [0, 0.1) is 11.8 Å². The van der Waals surface area contributed by atoms with E-state index < -0.39 is 0 Å². The fourth-order valence-corrected chi connectivity index (χ4v) is 5.69. The van der Waals surface area contributed by atoms with Crippen molar-refractivity contribution in [2.24, 2.45) is 15.9 Å². The summed E-state index contributed by atoms with van der Waals surface area (Å²) in [7, 11) is 0. The number of benzene rings is 1. The summed E-state index contributed by atoms with van der Waals surface area (Å²) >= 11 is 3.35. The lowest BCUT2D eigenvalue weighted by Gasteiger charge is -2.28. The van der Waals surface area contributed by atoms with Gasteiger partial charge in [-0.25, -0.2) is 0 Å². The number of hydrogen-bond donors (Lipinski definition) is 2. The number of carbonyl (C=O) groups is 1. The molecule has 0 amide bonds. The third kappa shape index (κ3) is 6.39. The normalized spacial score (nSPS) is 21.7. The second-order valence-electron chi connectivity index (χ2n) is 12.0. The molecule has 2 N–H and O–H groups in total. The third-order valence-corrected chi connectivity index (χ3v) is 7.65. The van der Waals surface area contributed by atoms with E-state index in [0.29, 0.717) is 23.8 Å². The lowest BCUT2D eigenvalue weighted by molar-refractivity contribution is 0.0966. The van der Waals surface area contributed by atoms with E-state index in [1.54, 1.807) is 0 Å². The molecule has 184 valence electrons. The highest BCUT2D eigenvalue weighted by Gasteiger charge is 2.33. The molecule has 1 atom stereocenters. The molecule has 2 heterocycles. The third-order valence-electron chi connectivity index (χ3n) is 7.29. The Hall–Kier alpha value is -1.40. The first-order chi connectivity index (χ1) is 15.4. The largest absolute Gasteiger partial charge is 0.507 e. The molecule has 5 nitrogen and oxygen atoms in total. The van der Waals surface area contributed by atoms with Crippen molar-refractivity contribution in [3.05, 3.63) is 28.8 Å². The lowest BCUT2D eigenvalue weighted by Crippen LogP contribution is -2.33. The first-order valence-corrected chi connectivity index (χ1v) is 13.2. The Balaban J connectivity index is 1.75. The summed E-state index contributed by atoms with van der Waals surface area (Å²) in [4.78, 5) is 15.6. The van der Waals surface area contributed by atoms with Crippen LogP contribution in [0.4, 0.5) is 0 Å². The lowest BCUT2D eigenvalue weighted by atomic mass is 9.78. The summed E-state index contributed by atoms with van der Waals surface area (Å²) in [5.74, 6) is 2.64. The van der Waals surface area contributed by atoms with Crippen molar-refractivity contribution < 1.29 is 9.90 Å². The molecule has 0 aliphatic carbocycles. The predicted molar refractivity (Wildman–Crippen MR) is 141 cm³/mol. The van der Waals surface area contributed by atoms with E-state index in [-0.39, 0.29) is 16.6 Å². The highest BCUT2D eigenvalue weighted by molar-refractivity contribution is 9.08. The minimum absolute atomic E-state index is 0.0821.